The predicted molar refractivity (Wildman–Crippen MR) is 99.2 cm³/mol. The van der Waals surface area contributed by atoms with Crippen molar-refractivity contribution >= 4 is 5.96 Å². The van der Waals surface area contributed by atoms with Crippen LogP contribution < -0.4 is 10.6 Å². The number of likely N-dealkylation sites (N-methyl/N-ethyl adjacent to an activating group) is 1. The number of ether oxygens (including phenoxy) is 1. The highest BCUT2D eigenvalue weighted by atomic mass is 16.5. The van der Waals surface area contributed by atoms with Crippen molar-refractivity contribution in [1.82, 2.24) is 15.5 Å². The molecule has 0 aromatic carbocycles. The maximum Gasteiger partial charge on any atom is 0.191 e. The van der Waals surface area contributed by atoms with E-state index in [4.69, 9.17) is 9.73 Å². The van der Waals surface area contributed by atoms with Crippen LogP contribution in [0.1, 0.15) is 59.3 Å². The van der Waals surface area contributed by atoms with Crippen molar-refractivity contribution in [2.45, 2.75) is 70.9 Å². The molecule has 5 nitrogen and oxygen atoms in total. The molecule has 0 amide bonds. The fourth-order valence-corrected chi connectivity index (χ4v) is 2.56. The average molecular weight is 327 g/mol. The van der Waals surface area contributed by atoms with Gasteiger partial charge in [0.25, 0.3) is 0 Å². The van der Waals surface area contributed by atoms with Crippen molar-refractivity contribution in [3.63, 3.8) is 0 Å². The van der Waals surface area contributed by atoms with Crippen molar-refractivity contribution in [1.29, 1.82) is 0 Å². The Morgan fingerprint density at radius 3 is 2.35 bits per heavy atom. The summed E-state index contributed by atoms with van der Waals surface area (Å²) in [6.45, 7) is 9.70. The first-order valence-electron chi connectivity index (χ1n) is 9.27. The molecule has 0 aliphatic heterocycles. The Morgan fingerprint density at radius 1 is 1.13 bits per heavy atom. The summed E-state index contributed by atoms with van der Waals surface area (Å²) in [5.41, 5.74) is 0.0548. The number of rotatable bonds is 8. The molecule has 0 saturated heterocycles. The molecule has 23 heavy (non-hydrogen) atoms. The van der Waals surface area contributed by atoms with Crippen LogP contribution in [0.3, 0.4) is 0 Å². The second-order valence-electron chi connectivity index (χ2n) is 7.31. The van der Waals surface area contributed by atoms with Gasteiger partial charge in [-0.3, -0.25) is 4.99 Å². The molecule has 1 aliphatic carbocycles. The van der Waals surface area contributed by atoms with Crippen molar-refractivity contribution in [3.05, 3.63) is 0 Å². The zero-order chi connectivity index (χ0) is 17.1. The van der Waals surface area contributed by atoms with Gasteiger partial charge in [-0.15, -0.1) is 0 Å². The van der Waals surface area contributed by atoms with Crippen LogP contribution in [-0.4, -0.2) is 62.8 Å². The lowest BCUT2D eigenvalue weighted by atomic mass is 10.1. The van der Waals surface area contributed by atoms with E-state index < -0.39 is 0 Å². The van der Waals surface area contributed by atoms with Crippen LogP contribution in [0.15, 0.2) is 4.99 Å². The van der Waals surface area contributed by atoms with Gasteiger partial charge in [-0.1, -0.05) is 25.7 Å². The highest BCUT2D eigenvalue weighted by molar-refractivity contribution is 5.79. The van der Waals surface area contributed by atoms with Gasteiger partial charge in [-0.2, -0.15) is 0 Å². The van der Waals surface area contributed by atoms with Gasteiger partial charge in [0.1, 0.15) is 0 Å². The van der Waals surface area contributed by atoms with Gasteiger partial charge in [0.05, 0.1) is 19.3 Å². The van der Waals surface area contributed by atoms with Gasteiger partial charge in [-0.25, -0.2) is 0 Å². The Kier molecular flexibility index (Phi) is 9.56. The lowest BCUT2D eigenvalue weighted by molar-refractivity contribution is 0.0468. The standard InChI is InChI=1S/C18H38N4O/c1-6-19-17(21-15-18(2,3)22(4)5)20-13-14-23-16-11-9-7-8-10-12-16/h16H,6-15H2,1-5H3,(H2,19,20,21). The first-order chi connectivity index (χ1) is 11.0. The summed E-state index contributed by atoms with van der Waals surface area (Å²) >= 11 is 0. The lowest BCUT2D eigenvalue weighted by Crippen LogP contribution is -2.44. The van der Waals surface area contributed by atoms with Gasteiger partial charge < -0.3 is 20.3 Å². The lowest BCUT2D eigenvalue weighted by Gasteiger charge is -2.31. The van der Waals surface area contributed by atoms with Crippen LogP contribution in [0.4, 0.5) is 0 Å². The van der Waals surface area contributed by atoms with E-state index in [2.05, 4.69) is 50.4 Å². The molecule has 5 heteroatoms. The van der Waals surface area contributed by atoms with E-state index in [-0.39, 0.29) is 5.54 Å². The van der Waals surface area contributed by atoms with E-state index in [1.165, 1.54) is 38.5 Å². The van der Waals surface area contributed by atoms with Gasteiger partial charge in [0.15, 0.2) is 5.96 Å². The molecule has 1 fully saturated rings. The van der Waals surface area contributed by atoms with Gasteiger partial charge in [0, 0.05) is 18.6 Å². The Bertz CT molecular complexity index is 334. The second kappa shape index (κ2) is 10.9. The summed E-state index contributed by atoms with van der Waals surface area (Å²) in [6.07, 6.45) is 8.31. The van der Waals surface area contributed by atoms with Crippen LogP contribution in [0, 0.1) is 0 Å². The summed E-state index contributed by atoms with van der Waals surface area (Å²) < 4.78 is 6.02. The fourth-order valence-electron chi connectivity index (χ4n) is 2.56. The minimum absolute atomic E-state index is 0.0548. The molecule has 0 atom stereocenters. The van der Waals surface area contributed by atoms with Crippen molar-refractivity contribution in [2.24, 2.45) is 4.99 Å². The third kappa shape index (κ3) is 8.56. The molecule has 2 N–H and O–H groups in total. The number of nitrogens with one attached hydrogen (secondary N) is 2. The van der Waals surface area contributed by atoms with Crippen molar-refractivity contribution in [3.8, 4) is 0 Å². The summed E-state index contributed by atoms with van der Waals surface area (Å²) in [6, 6.07) is 0. The Hall–Kier alpha value is -0.810. The quantitative estimate of drug-likeness (QED) is 0.312. The molecule has 0 spiro atoms. The van der Waals surface area contributed by atoms with Crippen LogP contribution in [0.2, 0.25) is 0 Å². The third-order valence-corrected chi connectivity index (χ3v) is 4.73. The van der Waals surface area contributed by atoms with Crippen LogP contribution in [0.25, 0.3) is 0 Å². The molecular weight excluding hydrogens is 288 g/mol. The van der Waals surface area contributed by atoms with Gasteiger partial charge in [0.2, 0.25) is 0 Å². The zero-order valence-electron chi connectivity index (χ0n) is 16.0. The highest BCUT2D eigenvalue weighted by Crippen LogP contribution is 2.19. The molecule has 136 valence electrons. The molecule has 1 aliphatic rings. The van der Waals surface area contributed by atoms with Crippen molar-refractivity contribution < 1.29 is 4.74 Å². The molecule has 0 heterocycles. The zero-order valence-corrected chi connectivity index (χ0v) is 16.0. The molecule has 0 aromatic rings. The van der Waals surface area contributed by atoms with E-state index in [0.717, 1.165) is 32.2 Å². The normalized spacial score (nSPS) is 18.1. The van der Waals surface area contributed by atoms with Crippen LogP contribution >= 0.6 is 0 Å². The summed E-state index contributed by atoms with van der Waals surface area (Å²) in [5.74, 6) is 0.881. The van der Waals surface area contributed by atoms with E-state index in [0.29, 0.717) is 6.10 Å². The number of hydrogen-bond acceptors (Lipinski definition) is 3. The molecule has 1 saturated carbocycles. The molecule has 0 bridgehead atoms. The molecule has 0 aromatic heterocycles. The second-order valence-corrected chi connectivity index (χ2v) is 7.31. The van der Waals surface area contributed by atoms with Gasteiger partial charge in [-0.05, 0) is 47.7 Å². The summed E-state index contributed by atoms with van der Waals surface area (Å²) in [7, 11) is 4.19. The van der Waals surface area contributed by atoms with Crippen LogP contribution in [0.5, 0.6) is 0 Å². The fraction of sp³-hybridized carbons (Fsp3) is 0.944. The first kappa shape index (κ1) is 20.2. The van der Waals surface area contributed by atoms with E-state index >= 15 is 0 Å². The van der Waals surface area contributed by atoms with E-state index in [1.807, 2.05) is 0 Å². The Balaban J connectivity index is 2.31. The van der Waals surface area contributed by atoms with E-state index in [1.54, 1.807) is 0 Å². The minimum atomic E-state index is 0.0548. The Labute approximate surface area is 143 Å². The average Bonchev–Trinajstić information content (AvgIpc) is 2.77. The maximum absolute atomic E-state index is 6.02. The first-order valence-corrected chi connectivity index (χ1v) is 9.27. The predicted octanol–water partition coefficient (Wildman–Crippen LogP) is 2.62. The molecule has 1 rings (SSSR count). The maximum atomic E-state index is 6.02. The third-order valence-electron chi connectivity index (χ3n) is 4.73. The van der Waals surface area contributed by atoms with Gasteiger partial charge >= 0.3 is 0 Å². The topological polar surface area (TPSA) is 48.9 Å². The van der Waals surface area contributed by atoms with Crippen molar-refractivity contribution in [2.75, 3.05) is 40.3 Å². The number of guanidine groups is 1. The molecule has 0 radical (unpaired) electrons. The van der Waals surface area contributed by atoms with Crippen LogP contribution in [-0.2, 0) is 4.74 Å². The number of aliphatic imine (C=N–C) groups is 1. The number of hydrogen-bond donors (Lipinski definition) is 2. The Morgan fingerprint density at radius 2 is 1.78 bits per heavy atom. The molecular formula is C18H38N4O. The number of nitrogens with zero attached hydrogens (tertiary/aromatic N) is 2. The van der Waals surface area contributed by atoms with E-state index in [9.17, 15) is 0 Å². The summed E-state index contributed by atoms with van der Waals surface area (Å²) in [4.78, 5) is 6.91. The smallest absolute Gasteiger partial charge is 0.191 e. The minimum Gasteiger partial charge on any atom is -0.376 e. The summed E-state index contributed by atoms with van der Waals surface area (Å²) in [5, 5.41) is 6.69. The largest absolute Gasteiger partial charge is 0.376 e. The highest BCUT2D eigenvalue weighted by Gasteiger charge is 2.20. The SMILES string of the molecule is CCNC(=NCC(C)(C)N(C)C)NCCOC1CCCCCC1. The monoisotopic (exact) mass is 326 g/mol. The molecule has 0 unspecified atom stereocenters.